The zero-order valence-electron chi connectivity index (χ0n) is 23.7. The van der Waals surface area contributed by atoms with E-state index in [0.717, 1.165) is 34.9 Å². The molecular weight excluding hydrogens is 562 g/mol. The molecule has 1 aromatic heterocycles. The highest BCUT2D eigenvalue weighted by Gasteiger charge is 2.32. The van der Waals surface area contributed by atoms with Crippen molar-refractivity contribution in [1.29, 1.82) is 0 Å². The summed E-state index contributed by atoms with van der Waals surface area (Å²) < 4.78 is 0. The molecule has 0 saturated heterocycles. The topological polar surface area (TPSA) is 156 Å². The highest BCUT2D eigenvalue weighted by Crippen LogP contribution is 2.40. The van der Waals surface area contributed by atoms with Crippen LogP contribution in [-0.4, -0.2) is 57.0 Å². The van der Waals surface area contributed by atoms with Crippen LogP contribution in [0.1, 0.15) is 22.8 Å². The van der Waals surface area contributed by atoms with Gasteiger partial charge in [-0.1, -0.05) is 60.7 Å². The Kier molecular flexibility index (Phi) is 8.66. The van der Waals surface area contributed by atoms with Crippen LogP contribution in [0.2, 0.25) is 0 Å². The molecule has 44 heavy (non-hydrogen) atoms. The number of aromatic nitrogens is 2. The third kappa shape index (κ3) is 6.57. The molecule has 11 heteroatoms. The number of para-hydroxylation sites is 5. The van der Waals surface area contributed by atoms with Gasteiger partial charge in [0.15, 0.2) is 0 Å². The second-order valence-corrected chi connectivity index (χ2v) is 9.97. The first kappa shape index (κ1) is 29.5. The Morgan fingerprint density at radius 1 is 0.773 bits per heavy atom. The normalized spacial score (nSPS) is 12.0. The van der Waals surface area contributed by atoms with Crippen LogP contribution in [0.15, 0.2) is 97.1 Å². The van der Waals surface area contributed by atoms with Crippen molar-refractivity contribution in [3.8, 4) is 11.4 Å². The second kappa shape index (κ2) is 12.9. The number of hydrogen-bond acceptors (Lipinski definition) is 6. The lowest BCUT2D eigenvalue weighted by atomic mass is 10.1. The lowest BCUT2D eigenvalue weighted by Crippen LogP contribution is -2.40. The smallest absolute Gasteiger partial charge is 0.323 e. The van der Waals surface area contributed by atoms with E-state index >= 15 is 0 Å². The van der Waals surface area contributed by atoms with Crippen molar-refractivity contribution >= 4 is 51.8 Å². The molecule has 0 radical (unpaired) electrons. The van der Waals surface area contributed by atoms with E-state index in [1.807, 2.05) is 48.5 Å². The number of rotatable bonds is 7. The summed E-state index contributed by atoms with van der Waals surface area (Å²) in [4.78, 5) is 58.3. The Morgan fingerprint density at radius 2 is 1.36 bits per heavy atom. The fraction of sp³-hybridized carbons (Fsp3) is 0.121. The van der Waals surface area contributed by atoms with Gasteiger partial charge in [-0.05, 0) is 42.0 Å². The largest absolute Gasteiger partial charge is 0.481 e. The average Bonchev–Trinajstić information content (AvgIpc) is 3.42. The minimum absolute atomic E-state index is 0.220. The van der Waals surface area contributed by atoms with Crippen molar-refractivity contribution < 1.29 is 29.4 Å². The number of fused-ring (bicyclic) bond motifs is 3. The van der Waals surface area contributed by atoms with E-state index in [4.69, 9.17) is 9.90 Å². The first-order chi connectivity index (χ1) is 21.2. The summed E-state index contributed by atoms with van der Waals surface area (Å²) in [5, 5.41) is 19.9. The zero-order chi connectivity index (χ0) is 31.2. The average molecular weight is 592 g/mol. The number of nitrogens with zero attached hydrogens (tertiary/aromatic N) is 3. The maximum atomic E-state index is 13.6. The van der Waals surface area contributed by atoms with Gasteiger partial charge in [-0.3, -0.25) is 24.1 Å². The van der Waals surface area contributed by atoms with Gasteiger partial charge in [0.05, 0.1) is 33.7 Å². The highest BCUT2D eigenvalue weighted by atomic mass is 16.4. The third-order valence-electron chi connectivity index (χ3n) is 6.84. The van der Waals surface area contributed by atoms with Crippen LogP contribution in [0, 0.1) is 0 Å². The Balaban J connectivity index is 0.000000906. The van der Waals surface area contributed by atoms with E-state index in [9.17, 15) is 19.5 Å². The number of aromatic amines is 1. The predicted molar refractivity (Wildman–Crippen MR) is 166 cm³/mol. The van der Waals surface area contributed by atoms with E-state index in [2.05, 4.69) is 15.3 Å². The number of carbonyl (C=O) groups is 4. The minimum Gasteiger partial charge on any atom is -0.481 e. The number of carboxylic acid groups (broad SMARTS) is 2. The van der Waals surface area contributed by atoms with E-state index in [0.29, 0.717) is 22.6 Å². The number of aliphatic carboxylic acids is 2. The second-order valence-electron chi connectivity index (χ2n) is 9.97. The highest BCUT2D eigenvalue weighted by molar-refractivity contribution is 6.16. The van der Waals surface area contributed by atoms with Crippen LogP contribution < -0.4 is 15.1 Å². The first-order valence-corrected chi connectivity index (χ1v) is 13.7. The van der Waals surface area contributed by atoms with E-state index in [1.165, 1.54) is 4.90 Å². The van der Waals surface area contributed by atoms with E-state index in [1.54, 1.807) is 53.4 Å². The number of H-pyrrole nitrogens is 1. The van der Waals surface area contributed by atoms with Gasteiger partial charge in [-0.2, -0.15) is 0 Å². The molecule has 6 rings (SSSR count). The van der Waals surface area contributed by atoms with E-state index < -0.39 is 11.9 Å². The SMILES string of the molecule is CC(=O)O.O=C(O)CN1c2ccccc2C(=O)N(CC(=O)NCc2ccc(-c3nc4ccccc4[nH]3)cc2)c2ccccc21. The third-order valence-corrected chi connectivity index (χ3v) is 6.84. The summed E-state index contributed by atoms with van der Waals surface area (Å²) in [6, 6.07) is 29.4. The lowest BCUT2D eigenvalue weighted by molar-refractivity contribution is -0.136. The minimum atomic E-state index is -1.03. The Morgan fingerprint density at radius 3 is 2.02 bits per heavy atom. The van der Waals surface area contributed by atoms with Crippen LogP contribution in [0.3, 0.4) is 0 Å². The zero-order valence-corrected chi connectivity index (χ0v) is 23.7. The number of imidazole rings is 1. The molecule has 0 aliphatic carbocycles. The van der Waals surface area contributed by atoms with Crippen molar-refractivity contribution in [1.82, 2.24) is 15.3 Å². The summed E-state index contributed by atoms with van der Waals surface area (Å²) in [6.45, 7) is 0.818. The fourth-order valence-corrected chi connectivity index (χ4v) is 4.93. The van der Waals surface area contributed by atoms with Gasteiger partial charge in [0.1, 0.15) is 18.9 Å². The number of carbonyl (C=O) groups excluding carboxylic acids is 2. The summed E-state index contributed by atoms with van der Waals surface area (Å²) in [5.41, 5.74) is 5.51. The molecule has 0 atom stereocenters. The molecule has 1 aliphatic rings. The molecule has 222 valence electrons. The molecule has 0 bridgehead atoms. The van der Waals surface area contributed by atoms with E-state index in [-0.39, 0.29) is 31.4 Å². The molecule has 4 aromatic carbocycles. The van der Waals surface area contributed by atoms with Crippen molar-refractivity contribution in [2.75, 3.05) is 22.9 Å². The van der Waals surface area contributed by atoms with Crippen LogP contribution in [0.4, 0.5) is 17.1 Å². The molecule has 11 nitrogen and oxygen atoms in total. The number of carboxylic acids is 2. The fourth-order valence-electron chi connectivity index (χ4n) is 4.93. The molecule has 0 unspecified atom stereocenters. The van der Waals surface area contributed by atoms with Crippen LogP contribution >= 0.6 is 0 Å². The van der Waals surface area contributed by atoms with Gasteiger partial charge in [0, 0.05) is 19.0 Å². The Hall–Kier alpha value is -5.97. The lowest BCUT2D eigenvalue weighted by Gasteiger charge is -2.26. The molecule has 0 saturated carbocycles. The summed E-state index contributed by atoms with van der Waals surface area (Å²) >= 11 is 0. The van der Waals surface area contributed by atoms with Crippen molar-refractivity contribution in [2.45, 2.75) is 13.5 Å². The van der Waals surface area contributed by atoms with Crippen molar-refractivity contribution in [2.24, 2.45) is 0 Å². The van der Waals surface area contributed by atoms with Crippen LogP contribution in [0.5, 0.6) is 0 Å². The summed E-state index contributed by atoms with van der Waals surface area (Å²) in [5.74, 6) is -1.81. The quantitative estimate of drug-likeness (QED) is 0.210. The monoisotopic (exact) mass is 591 g/mol. The number of hydrogen-bond donors (Lipinski definition) is 4. The number of anilines is 3. The molecule has 2 amide bonds. The Bertz CT molecular complexity index is 1810. The first-order valence-electron chi connectivity index (χ1n) is 13.7. The molecule has 0 fully saturated rings. The molecule has 5 aromatic rings. The van der Waals surface area contributed by atoms with Gasteiger partial charge in [0.25, 0.3) is 11.9 Å². The maximum absolute atomic E-state index is 13.6. The maximum Gasteiger partial charge on any atom is 0.323 e. The summed E-state index contributed by atoms with van der Waals surface area (Å²) in [6.07, 6.45) is 0. The molecule has 1 aliphatic heterocycles. The number of benzene rings is 4. The van der Waals surface area contributed by atoms with Gasteiger partial charge < -0.3 is 25.4 Å². The standard InChI is InChI=1S/C31H25N5O4.C2H4O2/c37-28(32-17-20-13-15-21(16-14-20)30-33-23-8-2-3-9-24(23)34-30)18-36-27-12-6-5-11-26(27)35(19-29(38)39)25-10-4-1-7-22(25)31(36)40;1-2(3)4/h1-16H,17-19H2,(H,32,37)(H,33,34)(H,38,39);1H3,(H,3,4). The molecule has 0 spiro atoms. The van der Waals surface area contributed by atoms with Gasteiger partial charge in [-0.25, -0.2) is 4.98 Å². The number of nitrogens with one attached hydrogen (secondary N) is 2. The van der Waals surface area contributed by atoms with Crippen LogP contribution in [-0.2, 0) is 20.9 Å². The Labute approximate surface area is 252 Å². The molecule has 4 N–H and O–H groups in total. The van der Waals surface area contributed by atoms with Gasteiger partial charge in [-0.15, -0.1) is 0 Å². The predicted octanol–water partition coefficient (Wildman–Crippen LogP) is 4.82. The van der Waals surface area contributed by atoms with Gasteiger partial charge in [0.2, 0.25) is 5.91 Å². The van der Waals surface area contributed by atoms with Gasteiger partial charge >= 0.3 is 5.97 Å². The molecule has 2 heterocycles. The van der Waals surface area contributed by atoms with Crippen LogP contribution in [0.25, 0.3) is 22.4 Å². The number of amides is 2. The summed E-state index contributed by atoms with van der Waals surface area (Å²) in [7, 11) is 0. The van der Waals surface area contributed by atoms with Crippen molar-refractivity contribution in [3.05, 3.63) is 108 Å². The van der Waals surface area contributed by atoms with Crippen molar-refractivity contribution in [3.63, 3.8) is 0 Å². The molecular formula is C33H29N5O6.